The van der Waals surface area contributed by atoms with Crippen LogP contribution >= 0.6 is 0 Å². The van der Waals surface area contributed by atoms with Gasteiger partial charge in [-0.2, -0.15) is 0 Å². The first-order valence-corrected chi connectivity index (χ1v) is 7.82. The van der Waals surface area contributed by atoms with Crippen LogP contribution < -0.4 is 4.74 Å². The third kappa shape index (κ3) is 3.31. The third-order valence-corrected chi connectivity index (χ3v) is 4.02. The second kappa shape index (κ2) is 5.96. The maximum atomic E-state index is 6.01. The molecule has 118 valence electrons. The van der Waals surface area contributed by atoms with Crippen LogP contribution in [-0.4, -0.2) is 7.11 Å². The molecular formula is C21H22O2. The zero-order chi connectivity index (χ0) is 16.4. The Kier molecular flexibility index (Phi) is 3.99. The standard InChI is InChI=1S/C21H22O2/c1-21(2,3)17-9-5-15(6-10-17)19-13-14-20(23-19)16-7-11-18(22-4)12-8-16/h5-14H,1-4H3. The smallest absolute Gasteiger partial charge is 0.134 e. The van der Waals surface area contributed by atoms with E-state index < -0.39 is 0 Å². The average Bonchev–Trinajstić information content (AvgIpc) is 3.04. The van der Waals surface area contributed by atoms with Gasteiger partial charge >= 0.3 is 0 Å². The van der Waals surface area contributed by atoms with Crippen LogP contribution in [0.15, 0.2) is 65.1 Å². The Morgan fingerprint density at radius 2 is 1.17 bits per heavy atom. The predicted molar refractivity (Wildman–Crippen MR) is 94.8 cm³/mol. The van der Waals surface area contributed by atoms with Crippen LogP contribution in [0.3, 0.4) is 0 Å². The van der Waals surface area contributed by atoms with E-state index in [0.717, 1.165) is 28.4 Å². The van der Waals surface area contributed by atoms with Crippen molar-refractivity contribution in [1.29, 1.82) is 0 Å². The minimum atomic E-state index is 0.163. The third-order valence-electron chi connectivity index (χ3n) is 4.02. The molecule has 2 heteroatoms. The summed E-state index contributed by atoms with van der Waals surface area (Å²) in [6.45, 7) is 6.66. The van der Waals surface area contributed by atoms with E-state index in [1.807, 2.05) is 36.4 Å². The summed E-state index contributed by atoms with van der Waals surface area (Å²) in [5.74, 6) is 2.59. The van der Waals surface area contributed by atoms with Gasteiger partial charge in [0.2, 0.25) is 0 Å². The molecular weight excluding hydrogens is 284 g/mol. The van der Waals surface area contributed by atoms with Crippen molar-refractivity contribution < 1.29 is 9.15 Å². The summed E-state index contributed by atoms with van der Waals surface area (Å²) in [5, 5.41) is 0. The van der Waals surface area contributed by atoms with Crippen molar-refractivity contribution in [2.75, 3.05) is 7.11 Å². The van der Waals surface area contributed by atoms with Gasteiger partial charge in [0.25, 0.3) is 0 Å². The quantitative estimate of drug-likeness (QED) is 0.599. The lowest BCUT2D eigenvalue weighted by Crippen LogP contribution is -2.10. The highest BCUT2D eigenvalue weighted by Gasteiger charge is 2.14. The van der Waals surface area contributed by atoms with E-state index in [9.17, 15) is 0 Å². The minimum Gasteiger partial charge on any atom is -0.497 e. The first kappa shape index (κ1) is 15.4. The van der Waals surface area contributed by atoms with Crippen molar-refractivity contribution in [3.63, 3.8) is 0 Å². The Labute approximate surface area is 137 Å². The first-order valence-electron chi connectivity index (χ1n) is 7.82. The van der Waals surface area contributed by atoms with E-state index in [4.69, 9.17) is 9.15 Å². The minimum absolute atomic E-state index is 0.163. The highest BCUT2D eigenvalue weighted by atomic mass is 16.5. The molecule has 0 unspecified atom stereocenters. The summed E-state index contributed by atoms with van der Waals surface area (Å²) in [5.41, 5.74) is 3.62. The molecule has 3 rings (SSSR count). The lowest BCUT2D eigenvalue weighted by Gasteiger charge is -2.18. The number of rotatable bonds is 3. The molecule has 0 fully saturated rings. The summed E-state index contributed by atoms with van der Waals surface area (Å²) in [6, 6.07) is 20.5. The van der Waals surface area contributed by atoms with Gasteiger partial charge in [-0.1, -0.05) is 45.0 Å². The van der Waals surface area contributed by atoms with Crippen molar-refractivity contribution in [2.45, 2.75) is 26.2 Å². The number of hydrogen-bond acceptors (Lipinski definition) is 2. The molecule has 1 heterocycles. The van der Waals surface area contributed by atoms with Crippen molar-refractivity contribution in [3.05, 3.63) is 66.2 Å². The van der Waals surface area contributed by atoms with E-state index in [1.54, 1.807) is 7.11 Å². The summed E-state index contributed by atoms with van der Waals surface area (Å²) in [7, 11) is 1.67. The van der Waals surface area contributed by atoms with Crippen LogP contribution in [-0.2, 0) is 5.41 Å². The first-order chi connectivity index (χ1) is 11.0. The number of benzene rings is 2. The fourth-order valence-electron chi connectivity index (χ4n) is 2.54. The van der Waals surface area contributed by atoms with E-state index in [0.29, 0.717) is 0 Å². The van der Waals surface area contributed by atoms with Crippen LogP contribution in [0.25, 0.3) is 22.6 Å². The zero-order valence-electron chi connectivity index (χ0n) is 14.1. The van der Waals surface area contributed by atoms with E-state index >= 15 is 0 Å². The number of ether oxygens (including phenoxy) is 1. The molecule has 0 amide bonds. The maximum absolute atomic E-state index is 6.01. The molecule has 0 spiro atoms. The normalized spacial score (nSPS) is 11.5. The molecule has 0 saturated carbocycles. The maximum Gasteiger partial charge on any atom is 0.134 e. The second-order valence-corrected chi connectivity index (χ2v) is 6.72. The van der Waals surface area contributed by atoms with Gasteiger partial charge in [-0.15, -0.1) is 0 Å². The fraction of sp³-hybridized carbons (Fsp3) is 0.238. The second-order valence-electron chi connectivity index (χ2n) is 6.72. The monoisotopic (exact) mass is 306 g/mol. The highest BCUT2D eigenvalue weighted by molar-refractivity contribution is 5.65. The molecule has 1 aromatic heterocycles. The van der Waals surface area contributed by atoms with Gasteiger partial charge in [-0.25, -0.2) is 0 Å². The molecule has 3 aromatic rings. The van der Waals surface area contributed by atoms with Gasteiger partial charge in [0.1, 0.15) is 17.3 Å². The fourth-order valence-corrected chi connectivity index (χ4v) is 2.54. The Bertz CT molecular complexity index is 772. The van der Waals surface area contributed by atoms with Crippen LogP contribution in [0.4, 0.5) is 0 Å². The average molecular weight is 306 g/mol. The van der Waals surface area contributed by atoms with Crippen molar-refractivity contribution >= 4 is 0 Å². The molecule has 2 aromatic carbocycles. The Morgan fingerprint density at radius 1 is 0.696 bits per heavy atom. The van der Waals surface area contributed by atoms with Crippen molar-refractivity contribution in [1.82, 2.24) is 0 Å². The lowest BCUT2D eigenvalue weighted by atomic mass is 9.86. The van der Waals surface area contributed by atoms with Crippen LogP contribution in [0.2, 0.25) is 0 Å². The molecule has 0 bridgehead atoms. The number of hydrogen-bond donors (Lipinski definition) is 0. The van der Waals surface area contributed by atoms with Crippen molar-refractivity contribution in [2.24, 2.45) is 0 Å². The lowest BCUT2D eigenvalue weighted by molar-refractivity contribution is 0.415. The van der Waals surface area contributed by atoms with Gasteiger partial charge < -0.3 is 9.15 Å². The predicted octanol–water partition coefficient (Wildman–Crippen LogP) is 5.92. The highest BCUT2D eigenvalue weighted by Crippen LogP contribution is 2.31. The Morgan fingerprint density at radius 3 is 1.61 bits per heavy atom. The van der Waals surface area contributed by atoms with Gasteiger partial charge in [-0.3, -0.25) is 0 Å². The molecule has 0 aliphatic rings. The van der Waals surface area contributed by atoms with Crippen LogP contribution in [0.1, 0.15) is 26.3 Å². The summed E-state index contributed by atoms with van der Waals surface area (Å²) in [4.78, 5) is 0. The van der Waals surface area contributed by atoms with Crippen molar-refractivity contribution in [3.8, 4) is 28.4 Å². The van der Waals surface area contributed by atoms with Gasteiger partial charge in [0.15, 0.2) is 0 Å². The molecule has 0 atom stereocenters. The molecule has 23 heavy (non-hydrogen) atoms. The molecule has 2 nitrogen and oxygen atoms in total. The van der Waals surface area contributed by atoms with Crippen LogP contribution in [0, 0.1) is 0 Å². The van der Waals surface area contributed by atoms with Gasteiger partial charge in [-0.05, 0) is 47.4 Å². The summed E-state index contributed by atoms with van der Waals surface area (Å²) >= 11 is 0. The number of methoxy groups -OCH3 is 1. The van der Waals surface area contributed by atoms with E-state index in [1.165, 1.54) is 5.56 Å². The van der Waals surface area contributed by atoms with Gasteiger partial charge in [0, 0.05) is 11.1 Å². The molecule has 0 saturated heterocycles. The zero-order valence-corrected chi connectivity index (χ0v) is 14.1. The molecule has 0 N–H and O–H groups in total. The SMILES string of the molecule is COc1ccc(-c2ccc(-c3ccc(C(C)(C)C)cc3)o2)cc1. The van der Waals surface area contributed by atoms with E-state index in [-0.39, 0.29) is 5.41 Å². The molecule has 0 radical (unpaired) electrons. The largest absolute Gasteiger partial charge is 0.497 e. The Balaban J connectivity index is 1.86. The van der Waals surface area contributed by atoms with Gasteiger partial charge in [0.05, 0.1) is 7.11 Å². The topological polar surface area (TPSA) is 22.4 Å². The van der Waals surface area contributed by atoms with Crippen LogP contribution in [0.5, 0.6) is 5.75 Å². The summed E-state index contributed by atoms with van der Waals surface area (Å²) < 4.78 is 11.2. The number of furan rings is 1. The van der Waals surface area contributed by atoms with E-state index in [2.05, 4.69) is 45.0 Å². The molecule has 0 aliphatic carbocycles. The summed E-state index contributed by atoms with van der Waals surface area (Å²) in [6.07, 6.45) is 0. The Hall–Kier alpha value is -2.48. The molecule has 0 aliphatic heterocycles.